The third-order valence-electron chi connectivity index (χ3n) is 4.28. The van der Waals surface area contributed by atoms with Crippen LogP contribution in [0.4, 0.5) is 0 Å². The maximum absolute atomic E-state index is 11.6. The fourth-order valence-electron chi connectivity index (χ4n) is 3.06. The van der Waals surface area contributed by atoms with Gasteiger partial charge in [-0.05, 0) is 12.0 Å². The van der Waals surface area contributed by atoms with Crippen LogP contribution in [0, 0.1) is 0 Å². The van der Waals surface area contributed by atoms with Crippen molar-refractivity contribution in [3.8, 4) is 0 Å². The van der Waals surface area contributed by atoms with Gasteiger partial charge >= 0.3 is 0 Å². The quantitative estimate of drug-likeness (QED) is 0.905. The van der Waals surface area contributed by atoms with Crippen molar-refractivity contribution in [2.24, 2.45) is 5.16 Å². The molecule has 1 saturated heterocycles. The Morgan fingerprint density at radius 2 is 2.24 bits per heavy atom. The summed E-state index contributed by atoms with van der Waals surface area (Å²) >= 11 is 0. The van der Waals surface area contributed by atoms with Gasteiger partial charge in [-0.25, -0.2) is 0 Å². The first-order valence-electron chi connectivity index (χ1n) is 7.44. The Kier molecular flexibility index (Phi) is 3.92. The van der Waals surface area contributed by atoms with Crippen LogP contribution in [0.3, 0.4) is 0 Å². The lowest BCUT2D eigenvalue weighted by molar-refractivity contribution is -0.114. The normalized spacial score (nSPS) is 24.9. The van der Waals surface area contributed by atoms with Gasteiger partial charge in [-0.15, -0.1) is 0 Å². The van der Waals surface area contributed by atoms with Crippen LogP contribution >= 0.6 is 0 Å². The van der Waals surface area contributed by atoms with Crippen molar-refractivity contribution >= 4 is 11.6 Å². The standard InChI is InChI=1S/C16H21N3O2/c1-17-15(20)14-11-16(21-18-14)8-10-19(12-16)9-7-13-5-3-2-4-6-13/h2-6H,7-12H2,1H3,(H,17,20)/t16-/m0/s1. The van der Waals surface area contributed by atoms with Crippen molar-refractivity contribution in [1.29, 1.82) is 0 Å². The van der Waals surface area contributed by atoms with Crippen molar-refractivity contribution in [2.75, 3.05) is 26.7 Å². The van der Waals surface area contributed by atoms with Crippen LogP contribution in [0.15, 0.2) is 35.5 Å². The van der Waals surface area contributed by atoms with Gasteiger partial charge in [-0.3, -0.25) is 9.69 Å². The zero-order chi connectivity index (χ0) is 14.7. The Morgan fingerprint density at radius 1 is 1.43 bits per heavy atom. The molecule has 2 heterocycles. The number of benzene rings is 1. The minimum Gasteiger partial charge on any atom is -0.387 e. The van der Waals surface area contributed by atoms with Gasteiger partial charge in [0, 0.05) is 39.5 Å². The number of hydrogen-bond acceptors (Lipinski definition) is 4. The van der Waals surface area contributed by atoms with Crippen LogP contribution in [0.25, 0.3) is 0 Å². The average molecular weight is 287 g/mol. The summed E-state index contributed by atoms with van der Waals surface area (Å²) in [4.78, 5) is 19.6. The summed E-state index contributed by atoms with van der Waals surface area (Å²) in [6.45, 7) is 2.87. The number of carbonyl (C=O) groups excluding carboxylic acids is 1. The Balaban J connectivity index is 1.51. The van der Waals surface area contributed by atoms with Crippen molar-refractivity contribution in [1.82, 2.24) is 10.2 Å². The molecule has 1 spiro atoms. The van der Waals surface area contributed by atoms with Crippen LogP contribution < -0.4 is 5.32 Å². The summed E-state index contributed by atoms with van der Waals surface area (Å²) in [5.41, 5.74) is 1.59. The van der Waals surface area contributed by atoms with Crippen LogP contribution in [0.1, 0.15) is 18.4 Å². The highest BCUT2D eigenvalue weighted by Crippen LogP contribution is 2.33. The van der Waals surface area contributed by atoms with E-state index in [2.05, 4.69) is 39.6 Å². The molecule has 0 aliphatic carbocycles. The molecule has 112 valence electrons. The average Bonchev–Trinajstić information content (AvgIpc) is 3.13. The van der Waals surface area contributed by atoms with E-state index in [1.807, 2.05) is 6.07 Å². The highest BCUT2D eigenvalue weighted by Gasteiger charge is 2.46. The molecule has 0 radical (unpaired) electrons. The molecule has 2 aliphatic heterocycles. The van der Waals surface area contributed by atoms with Gasteiger partial charge in [0.2, 0.25) is 0 Å². The second kappa shape index (κ2) is 5.85. The van der Waals surface area contributed by atoms with Crippen LogP contribution in [0.2, 0.25) is 0 Å². The molecule has 0 unspecified atom stereocenters. The largest absolute Gasteiger partial charge is 0.387 e. The van der Waals surface area contributed by atoms with Gasteiger partial charge in [0.1, 0.15) is 5.71 Å². The van der Waals surface area contributed by atoms with Gasteiger partial charge < -0.3 is 10.2 Å². The van der Waals surface area contributed by atoms with E-state index in [1.54, 1.807) is 7.05 Å². The van der Waals surface area contributed by atoms with E-state index in [1.165, 1.54) is 5.56 Å². The molecule has 1 fully saturated rings. The van der Waals surface area contributed by atoms with Crippen LogP contribution in [-0.2, 0) is 16.1 Å². The van der Waals surface area contributed by atoms with Crippen LogP contribution in [0.5, 0.6) is 0 Å². The number of rotatable bonds is 4. The van der Waals surface area contributed by atoms with Crippen molar-refractivity contribution in [3.05, 3.63) is 35.9 Å². The lowest BCUT2D eigenvalue weighted by atomic mass is 9.96. The fourth-order valence-corrected chi connectivity index (χ4v) is 3.06. The first-order chi connectivity index (χ1) is 10.2. The summed E-state index contributed by atoms with van der Waals surface area (Å²) in [7, 11) is 1.62. The summed E-state index contributed by atoms with van der Waals surface area (Å²) in [5, 5.41) is 6.58. The van der Waals surface area contributed by atoms with Crippen molar-refractivity contribution < 1.29 is 9.63 Å². The zero-order valence-corrected chi connectivity index (χ0v) is 12.3. The maximum Gasteiger partial charge on any atom is 0.268 e. The molecule has 0 bridgehead atoms. The van der Waals surface area contributed by atoms with E-state index in [4.69, 9.17) is 4.84 Å². The molecular formula is C16H21N3O2. The molecule has 5 heteroatoms. The van der Waals surface area contributed by atoms with Gasteiger partial charge in [0.05, 0.1) is 0 Å². The van der Waals surface area contributed by atoms with E-state index in [0.29, 0.717) is 12.1 Å². The summed E-state index contributed by atoms with van der Waals surface area (Å²) in [5.74, 6) is -0.130. The molecule has 1 N–H and O–H groups in total. The number of nitrogens with one attached hydrogen (secondary N) is 1. The van der Waals surface area contributed by atoms with Gasteiger partial charge in [0.15, 0.2) is 5.60 Å². The Bertz CT molecular complexity index is 544. The molecule has 3 rings (SSSR count). The van der Waals surface area contributed by atoms with E-state index in [0.717, 1.165) is 32.5 Å². The molecule has 1 aromatic rings. The smallest absolute Gasteiger partial charge is 0.268 e. The monoisotopic (exact) mass is 287 g/mol. The zero-order valence-electron chi connectivity index (χ0n) is 12.3. The third kappa shape index (κ3) is 3.08. The molecule has 0 saturated carbocycles. The molecule has 1 amide bonds. The summed E-state index contributed by atoms with van der Waals surface area (Å²) < 4.78 is 0. The Morgan fingerprint density at radius 3 is 3.00 bits per heavy atom. The number of amides is 1. The van der Waals surface area contributed by atoms with Crippen LogP contribution in [-0.4, -0.2) is 48.8 Å². The third-order valence-corrected chi connectivity index (χ3v) is 4.28. The fraction of sp³-hybridized carbons (Fsp3) is 0.500. The number of oxime groups is 1. The van der Waals surface area contributed by atoms with E-state index < -0.39 is 0 Å². The SMILES string of the molecule is CNC(=O)C1=NO[C@@]2(CCN(CCc3ccccc3)C2)C1. The lowest BCUT2D eigenvalue weighted by Crippen LogP contribution is -2.36. The second-order valence-electron chi connectivity index (χ2n) is 5.83. The molecule has 1 aromatic carbocycles. The number of carbonyl (C=O) groups is 1. The number of likely N-dealkylation sites (tertiary alicyclic amines) is 1. The van der Waals surface area contributed by atoms with E-state index >= 15 is 0 Å². The molecule has 1 atom stereocenters. The molecule has 21 heavy (non-hydrogen) atoms. The molecule has 0 aromatic heterocycles. The van der Waals surface area contributed by atoms with Gasteiger partial charge in [0.25, 0.3) is 5.91 Å². The molecule has 2 aliphatic rings. The van der Waals surface area contributed by atoms with Gasteiger partial charge in [-0.1, -0.05) is 35.5 Å². The Hall–Kier alpha value is -1.88. The topological polar surface area (TPSA) is 53.9 Å². The predicted octanol–water partition coefficient (Wildman–Crippen LogP) is 1.20. The molecule has 5 nitrogen and oxygen atoms in total. The number of hydrogen-bond donors (Lipinski definition) is 1. The molecular weight excluding hydrogens is 266 g/mol. The highest BCUT2D eigenvalue weighted by atomic mass is 16.7. The van der Waals surface area contributed by atoms with Crippen molar-refractivity contribution in [3.63, 3.8) is 0 Å². The lowest BCUT2D eigenvalue weighted by Gasteiger charge is -2.21. The number of nitrogens with zero attached hydrogens (tertiary/aromatic N) is 2. The predicted molar refractivity (Wildman–Crippen MR) is 81.1 cm³/mol. The van der Waals surface area contributed by atoms with E-state index in [-0.39, 0.29) is 11.5 Å². The summed E-state index contributed by atoms with van der Waals surface area (Å²) in [6.07, 6.45) is 2.60. The Labute approximate surface area is 125 Å². The summed E-state index contributed by atoms with van der Waals surface area (Å²) in [6, 6.07) is 10.5. The maximum atomic E-state index is 11.6. The minimum atomic E-state index is -0.279. The first-order valence-corrected chi connectivity index (χ1v) is 7.44. The van der Waals surface area contributed by atoms with E-state index in [9.17, 15) is 4.79 Å². The second-order valence-corrected chi connectivity index (χ2v) is 5.83. The first kappa shape index (κ1) is 14.1. The van der Waals surface area contributed by atoms with Gasteiger partial charge in [-0.2, -0.15) is 0 Å². The highest BCUT2D eigenvalue weighted by molar-refractivity contribution is 6.39. The minimum absolute atomic E-state index is 0.130. The van der Waals surface area contributed by atoms with Crippen molar-refractivity contribution in [2.45, 2.75) is 24.9 Å².